The van der Waals surface area contributed by atoms with E-state index in [1.807, 2.05) is 18.7 Å². The molecule has 1 unspecified atom stereocenters. The Labute approximate surface area is 177 Å². The number of carbonyl (C=O) groups is 3. The van der Waals surface area contributed by atoms with E-state index in [0.29, 0.717) is 0 Å². The van der Waals surface area contributed by atoms with Crippen molar-refractivity contribution in [2.45, 2.75) is 26.3 Å². The van der Waals surface area contributed by atoms with Gasteiger partial charge in [0.1, 0.15) is 12.0 Å². The number of Topliss-reactive ketones (excluding diaryl/α,β-unsaturated/α-hetero) is 1. The molecule has 0 bridgehead atoms. The second kappa shape index (κ2) is 10.3. The monoisotopic (exact) mass is 433 g/mol. The van der Waals surface area contributed by atoms with Gasteiger partial charge < -0.3 is 23.9 Å². The van der Waals surface area contributed by atoms with Crippen LogP contribution in [0.5, 0.6) is 5.75 Å². The average Bonchev–Trinajstić information content (AvgIpc) is 2.76. The van der Waals surface area contributed by atoms with Crippen LogP contribution >= 0.6 is 0 Å². The highest BCUT2D eigenvalue weighted by atomic mass is 16.5. The molecule has 0 aliphatic rings. The smallest absolute Gasteiger partial charge is 0.368 e. The zero-order chi connectivity index (χ0) is 23.1. The zero-order valence-corrected chi connectivity index (χ0v) is 17.6. The minimum absolute atomic E-state index is 0.136. The lowest BCUT2D eigenvalue weighted by atomic mass is 10.1. The average molecular weight is 433 g/mol. The molecule has 0 amide bonds. The van der Waals surface area contributed by atoms with Gasteiger partial charge in [-0.15, -0.1) is 5.11 Å². The number of hydrogen-bond donors (Lipinski definition) is 1. The van der Waals surface area contributed by atoms with Gasteiger partial charge in [0.25, 0.3) is 0 Å². The number of aromatic hydroxyl groups is 1. The molecule has 1 N–H and O–H groups in total. The molecule has 0 aliphatic carbocycles. The van der Waals surface area contributed by atoms with Gasteiger partial charge in [0.05, 0.1) is 19.6 Å². The Kier molecular flexibility index (Phi) is 7.83. The molecular weight excluding hydrogens is 410 g/mol. The highest BCUT2D eigenvalue weighted by Gasteiger charge is 2.30. The van der Waals surface area contributed by atoms with E-state index in [1.165, 1.54) is 0 Å². The zero-order valence-electron chi connectivity index (χ0n) is 17.6. The van der Waals surface area contributed by atoms with Gasteiger partial charge in [-0.25, -0.2) is 9.59 Å². The van der Waals surface area contributed by atoms with E-state index >= 15 is 0 Å². The largest absolute Gasteiger partial charge is 0.505 e. The summed E-state index contributed by atoms with van der Waals surface area (Å²) in [6.45, 7) is 5.42. The van der Waals surface area contributed by atoms with Crippen LogP contribution < -0.4 is 10.5 Å². The first-order chi connectivity index (χ1) is 14.8. The molecule has 11 nitrogen and oxygen atoms in total. The normalized spacial score (nSPS) is 12.0. The van der Waals surface area contributed by atoms with E-state index in [4.69, 9.17) is 4.42 Å². The molecule has 166 valence electrons. The van der Waals surface area contributed by atoms with Gasteiger partial charge in [-0.05, 0) is 26.0 Å². The Morgan fingerprint density at radius 2 is 1.84 bits per heavy atom. The maximum Gasteiger partial charge on any atom is 0.368 e. The van der Waals surface area contributed by atoms with Crippen LogP contribution in [0.25, 0.3) is 11.0 Å². The molecule has 31 heavy (non-hydrogen) atoms. The fraction of sp³-hybridized carbons (Fsp3) is 0.400. The molecular formula is C20H23N3O8. The van der Waals surface area contributed by atoms with E-state index in [1.54, 1.807) is 18.2 Å². The van der Waals surface area contributed by atoms with Crippen molar-refractivity contribution < 1.29 is 33.4 Å². The summed E-state index contributed by atoms with van der Waals surface area (Å²) in [7, 11) is 2.10. The molecule has 0 aliphatic heterocycles. The fourth-order valence-electron chi connectivity index (χ4n) is 2.82. The quantitative estimate of drug-likeness (QED) is 0.271. The number of esters is 2. The van der Waals surface area contributed by atoms with Crippen LogP contribution in [-0.2, 0) is 23.9 Å². The summed E-state index contributed by atoms with van der Waals surface area (Å²) in [6.07, 6.45) is -0.748. The van der Waals surface area contributed by atoms with Crippen LogP contribution in [-0.4, -0.2) is 56.2 Å². The Morgan fingerprint density at radius 1 is 1.16 bits per heavy atom. The van der Waals surface area contributed by atoms with Gasteiger partial charge in [0, 0.05) is 24.8 Å². The molecule has 0 radical (unpaired) electrons. The van der Waals surface area contributed by atoms with Gasteiger partial charge in [0.2, 0.25) is 11.7 Å². The third kappa shape index (κ3) is 5.24. The fourth-order valence-corrected chi connectivity index (χ4v) is 2.82. The van der Waals surface area contributed by atoms with Crippen molar-refractivity contribution in [1.29, 1.82) is 0 Å². The highest BCUT2D eigenvalue weighted by Crippen LogP contribution is 2.34. The summed E-state index contributed by atoms with van der Waals surface area (Å²) >= 11 is 0. The third-order valence-electron chi connectivity index (χ3n) is 4.52. The second-order valence-corrected chi connectivity index (χ2v) is 6.30. The van der Waals surface area contributed by atoms with Crippen molar-refractivity contribution in [3.8, 4) is 5.75 Å². The Balaban J connectivity index is 2.46. The van der Waals surface area contributed by atoms with Crippen molar-refractivity contribution in [1.82, 2.24) is 0 Å². The van der Waals surface area contributed by atoms with Crippen LogP contribution in [0.4, 0.5) is 11.4 Å². The maximum atomic E-state index is 12.4. The molecule has 1 atom stereocenters. The number of rotatable bonds is 9. The van der Waals surface area contributed by atoms with E-state index in [9.17, 15) is 24.3 Å². The topological polar surface area (TPSA) is 148 Å². The van der Waals surface area contributed by atoms with E-state index < -0.39 is 47.2 Å². The molecule has 0 saturated carbocycles. The number of methoxy groups -OCH3 is 2. The predicted molar refractivity (Wildman–Crippen MR) is 110 cm³/mol. The molecule has 0 spiro atoms. The number of ketones is 1. The summed E-state index contributed by atoms with van der Waals surface area (Å²) in [6, 6.07) is 3.10. The first-order valence-electron chi connectivity index (χ1n) is 9.40. The van der Waals surface area contributed by atoms with Crippen LogP contribution in [0.2, 0.25) is 0 Å². The number of nitrogens with zero attached hydrogens (tertiary/aromatic N) is 3. The van der Waals surface area contributed by atoms with Crippen molar-refractivity contribution in [2.24, 2.45) is 10.2 Å². The van der Waals surface area contributed by atoms with Crippen molar-refractivity contribution in [3.05, 3.63) is 28.6 Å². The summed E-state index contributed by atoms with van der Waals surface area (Å²) in [5.41, 5.74) is -0.678. The predicted octanol–water partition coefficient (Wildman–Crippen LogP) is 2.10. The van der Waals surface area contributed by atoms with Crippen LogP contribution in [0.1, 0.15) is 20.3 Å². The van der Waals surface area contributed by atoms with Crippen molar-refractivity contribution >= 4 is 40.1 Å². The van der Waals surface area contributed by atoms with Crippen LogP contribution in [0, 0.1) is 0 Å². The second-order valence-electron chi connectivity index (χ2n) is 6.30. The van der Waals surface area contributed by atoms with E-state index in [0.717, 1.165) is 33.0 Å². The molecule has 2 aromatic rings. The number of carbonyl (C=O) groups excluding carboxylic acids is 3. The number of ether oxygens (including phenoxy) is 2. The van der Waals surface area contributed by atoms with Crippen LogP contribution in [0.3, 0.4) is 0 Å². The first kappa shape index (κ1) is 23.5. The van der Waals surface area contributed by atoms with E-state index in [2.05, 4.69) is 19.7 Å². The lowest BCUT2D eigenvalue weighted by molar-refractivity contribution is -0.148. The molecule has 2 rings (SSSR count). The first-order valence-corrected chi connectivity index (χ1v) is 9.40. The van der Waals surface area contributed by atoms with E-state index in [-0.39, 0.29) is 11.0 Å². The summed E-state index contributed by atoms with van der Waals surface area (Å²) in [4.78, 5) is 49.7. The van der Waals surface area contributed by atoms with Gasteiger partial charge in [-0.2, -0.15) is 5.11 Å². The Hall–Kier alpha value is -3.76. The van der Waals surface area contributed by atoms with Crippen molar-refractivity contribution in [2.75, 3.05) is 32.2 Å². The Bertz CT molecular complexity index is 1070. The molecule has 0 fully saturated rings. The molecule has 1 aromatic carbocycles. The minimum Gasteiger partial charge on any atom is -0.505 e. The van der Waals surface area contributed by atoms with Gasteiger partial charge in [-0.1, -0.05) is 0 Å². The van der Waals surface area contributed by atoms with Crippen LogP contribution in [0.15, 0.2) is 37.6 Å². The molecule has 11 heteroatoms. The third-order valence-corrected chi connectivity index (χ3v) is 4.52. The van der Waals surface area contributed by atoms with Gasteiger partial charge in [0.15, 0.2) is 11.5 Å². The lowest BCUT2D eigenvalue weighted by Gasteiger charge is -2.21. The standard InChI is InChI=1S/C20H23N3O8/c1-5-23(6-2)11-7-8-12-14(9-11)31-20(28)17(18(12)26)22-21-16(19(27)30-4)13(24)10-15(25)29-3/h7-9,16,26H,5-6,10H2,1-4H3. The maximum absolute atomic E-state index is 12.4. The summed E-state index contributed by atoms with van der Waals surface area (Å²) < 4.78 is 14.1. The molecule has 1 heterocycles. The summed E-state index contributed by atoms with van der Waals surface area (Å²) in [5.74, 6) is -3.45. The highest BCUT2D eigenvalue weighted by molar-refractivity contribution is 6.09. The molecule has 1 aromatic heterocycles. The number of hydrogen-bond acceptors (Lipinski definition) is 11. The molecule has 0 saturated heterocycles. The van der Waals surface area contributed by atoms with Gasteiger partial charge >= 0.3 is 17.6 Å². The Morgan fingerprint density at radius 3 is 2.42 bits per heavy atom. The number of anilines is 1. The van der Waals surface area contributed by atoms with Crippen molar-refractivity contribution in [3.63, 3.8) is 0 Å². The minimum atomic E-state index is -1.82. The number of benzene rings is 1. The summed E-state index contributed by atoms with van der Waals surface area (Å²) in [5, 5.41) is 17.8. The van der Waals surface area contributed by atoms with Gasteiger partial charge in [-0.3, -0.25) is 9.59 Å². The SMILES string of the molecule is CCN(CC)c1ccc2c(O)c(N=NC(C(=O)CC(=O)OC)C(=O)OC)c(=O)oc2c1. The number of azo groups is 1. The number of fused-ring (bicyclic) bond motifs is 1. The lowest BCUT2D eigenvalue weighted by Crippen LogP contribution is -2.31.